The monoisotopic (exact) mass is 423 g/mol. The summed E-state index contributed by atoms with van der Waals surface area (Å²) in [5, 5.41) is 25.4. The highest BCUT2D eigenvalue weighted by atomic mass is 16.5. The van der Waals surface area contributed by atoms with E-state index in [1.807, 2.05) is 24.4 Å². The van der Waals surface area contributed by atoms with Crippen molar-refractivity contribution in [1.29, 1.82) is 5.41 Å². The molecule has 9 heteroatoms. The zero-order valence-corrected chi connectivity index (χ0v) is 17.5. The number of nitrogens with two attached hydrogens (primary N) is 1. The Morgan fingerprint density at radius 3 is 2.87 bits per heavy atom. The molecule has 2 aliphatic rings. The molecule has 1 aliphatic heterocycles. The number of aliphatic hydroxyl groups is 1. The van der Waals surface area contributed by atoms with Gasteiger partial charge in [-0.2, -0.15) is 0 Å². The first-order valence-electron chi connectivity index (χ1n) is 10.7. The second kappa shape index (κ2) is 9.76. The van der Waals surface area contributed by atoms with Crippen LogP contribution in [0.4, 0.5) is 11.5 Å². The van der Waals surface area contributed by atoms with Crippen LogP contribution in [0.15, 0.2) is 53.0 Å². The maximum atomic E-state index is 9.03. The Morgan fingerprint density at radius 2 is 2.06 bits per heavy atom. The van der Waals surface area contributed by atoms with Crippen LogP contribution in [0, 0.1) is 5.41 Å². The van der Waals surface area contributed by atoms with Gasteiger partial charge in [-0.15, -0.1) is 5.10 Å². The number of ether oxygens (including phenoxy) is 1. The van der Waals surface area contributed by atoms with Crippen LogP contribution in [0.5, 0.6) is 0 Å². The van der Waals surface area contributed by atoms with Gasteiger partial charge in [0.05, 0.1) is 29.2 Å². The highest BCUT2D eigenvalue weighted by molar-refractivity contribution is 6.50. The third-order valence-corrected chi connectivity index (χ3v) is 5.39. The lowest BCUT2D eigenvalue weighted by Gasteiger charge is -2.26. The van der Waals surface area contributed by atoms with Gasteiger partial charge in [0.2, 0.25) is 0 Å². The standard InChI is InChI=1S/C22H29N7O2/c23-16-14-17(24)20(31-13-12-30)15-18(16)26-21-19-6-2-5-10-29(19)27-22(21)25-7-11-28-8-3-1-4-9-28/h2,5-6,10,14-15,23,30H,1,3-4,7-9,11-13,24H2,(H,25,27). The van der Waals surface area contributed by atoms with E-state index in [4.69, 9.17) is 26.0 Å². The summed E-state index contributed by atoms with van der Waals surface area (Å²) < 4.78 is 7.27. The molecule has 0 bridgehead atoms. The summed E-state index contributed by atoms with van der Waals surface area (Å²) >= 11 is 0. The largest absolute Gasteiger partial charge is 0.489 e. The molecular formula is C22H29N7O2. The predicted molar refractivity (Wildman–Crippen MR) is 122 cm³/mol. The maximum absolute atomic E-state index is 9.03. The lowest BCUT2D eigenvalue weighted by atomic mass is 10.1. The number of likely N-dealkylation sites (tertiary alicyclic amines) is 1. The molecule has 1 fully saturated rings. The van der Waals surface area contributed by atoms with Crippen molar-refractivity contribution < 1.29 is 9.84 Å². The third kappa shape index (κ3) is 4.95. The molecule has 4 rings (SSSR count). The first-order valence-corrected chi connectivity index (χ1v) is 10.7. The van der Waals surface area contributed by atoms with Gasteiger partial charge in [-0.1, -0.05) is 12.5 Å². The quantitative estimate of drug-likeness (QED) is 0.482. The van der Waals surface area contributed by atoms with E-state index in [0.717, 1.165) is 31.7 Å². The molecule has 0 saturated carbocycles. The Morgan fingerprint density at radius 1 is 1.23 bits per heavy atom. The van der Waals surface area contributed by atoms with Gasteiger partial charge >= 0.3 is 0 Å². The average molecular weight is 424 g/mol. The molecule has 9 nitrogen and oxygen atoms in total. The van der Waals surface area contributed by atoms with E-state index < -0.39 is 0 Å². The second-order valence-corrected chi connectivity index (χ2v) is 7.65. The number of anilines is 1. The number of hydrogen-bond donors (Lipinski definition) is 4. The molecule has 0 amide bonds. The van der Waals surface area contributed by atoms with Crippen molar-refractivity contribution >= 4 is 28.4 Å². The molecule has 3 heterocycles. The van der Waals surface area contributed by atoms with E-state index in [9.17, 15) is 0 Å². The summed E-state index contributed by atoms with van der Waals surface area (Å²) in [7, 11) is 0. The van der Waals surface area contributed by atoms with Crippen molar-refractivity contribution in [1.82, 2.24) is 14.5 Å². The Kier molecular flexibility index (Phi) is 6.63. The molecule has 1 aliphatic carbocycles. The summed E-state index contributed by atoms with van der Waals surface area (Å²) in [6.45, 7) is 4.03. The number of piperidine rings is 1. The lowest BCUT2D eigenvalue weighted by molar-refractivity contribution is 0.149. The second-order valence-electron chi connectivity index (χ2n) is 7.65. The SMILES string of the molecule is N=C1C=C(N)C(OCCO)=CC1=Nc1c(NCCN2CCCCC2)nn2ccccc12. The van der Waals surface area contributed by atoms with Gasteiger partial charge in [0.15, 0.2) is 5.82 Å². The molecule has 0 radical (unpaired) electrons. The first kappa shape index (κ1) is 21.1. The van der Waals surface area contributed by atoms with E-state index in [1.165, 1.54) is 25.3 Å². The van der Waals surface area contributed by atoms with Crippen LogP contribution in [0.3, 0.4) is 0 Å². The summed E-state index contributed by atoms with van der Waals surface area (Å²) in [4.78, 5) is 7.23. The fourth-order valence-corrected chi connectivity index (χ4v) is 3.81. The van der Waals surface area contributed by atoms with E-state index in [-0.39, 0.29) is 18.9 Å². The Labute approximate surface area is 181 Å². The number of rotatable bonds is 8. The van der Waals surface area contributed by atoms with E-state index in [1.54, 1.807) is 10.6 Å². The zero-order chi connectivity index (χ0) is 21.6. The minimum absolute atomic E-state index is 0.117. The molecule has 0 atom stereocenters. The fourth-order valence-electron chi connectivity index (χ4n) is 3.81. The zero-order valence-electron chi connectivity index (χ0n) is 17.5. The van der Waals surface area contributed by atoms with E-state index >= 15 is 0 Å². The number of aliphatic hydroxyl groups excluding tert-OH is 1. The molecular weight excluding hydrogens is 394 g/mol. The summed E-state index contributed by atoms with van der Waals surface area (Å²) in [6.07, 6.45) is 8.88. The summed E-state index contributed by atoms with van der Waals surface area (Å²) in [5.41, 5.74) is 8.45. The third-order valence-electron chi connectivity index (χ3n) is 5.39. The summed E-state index contributed by atoms with van der Waals surface area (Å²) in [5.74, 6) is 1.08. The van der Waals surface area contributed by atoms with Crippen LogP contribution in [-0.4, -0.2) is 70.4 Å². The van der Waals surface area contributed by atoms with Gasteiger partial charge < -0.3 is 25.8 Å². The molecule has 0 spiro atoms. The number of aromatic nitrogens is 2. The van der Waals surface area contributed by atoms with Gasteiger partial charge in [0, 0.05) is 25.4 Å². The van der Waals surface area contributed by atoms with Gasteiger partial charge in [-0.3, -0.25) is 5.41 Å². The van der Waals surface area contributed by atoms with E-state index in [0.29, 0.717) is 28.7 Å². The van der Waals surface area contributed by atoms with Crippen LogP contribution in [0.2, 0.25) is 0 Å². The van der Waals surface area contributed by atoms with E-state index in [2.05, 4.69) is 15.3 Å². The van der Waals surface area contributed by atoms with Gasteiger partial charge in [-0.05, 0) is 44.1 Å². The van der Waals surface area contributed by atoms with Crippen molar-refractivity contribution in [2.45, 2.75) is 19.3 Å². The molecule has 164 valence electrons. The Hall–Kier alpha value is -3.17. The van der Waals surface area contributed by atoms with Crippen molar-refractivity contribution in [2.75, 3.05) is 44.7 Å². The normalized spacial score (nSPS) is 18.9. The molecule has 2 aromatic heterocycles. The van der Waals surface area contributed by atoms with Crippen LogP contribution in [0.25, 0.3) is 5.52 Å². The number of aliphatic imine (C=N–C) groups is 1. The minimum atomic E-state index is -0.117. The first-order chi connectivity index (χ1) is 15.2. The molecule has 0 unspecified atom stereocenters. The van der Waals surface area contributed by atoms with Crippen LogP contribution < -0.4 is 11.1 Å². The maximum Gasteiger partial charge on any atom is 0.175 e. The lowest BCUT2D eigenvalue weighted by Crippen LogP contribution is -2.33. The van der Waals surface area contributed by atoms with Crippen LogP contribution in [-0.2, 0) is 4.74 Å². The molecule has 5 N–H and O–H groups in total. The molecule has 31 heavy (non-hydrogen) atoms. The molecule has 2 aromatic rings. The fraction of sp³-hybridized carbons (Fsp3) is 0.409. The Bertz CT molecular complexity index is 1030. The van der Waals surface area contributed by atoms with Gasteiger partial charge in [0.1, 0.15) is 18.1 Å². The van der Waals surface area contributed by atoms with Crippen molar-refractivity contribution in [2.24, 2.45) is 10.7 Å². The predicted octanol–water partition coefficient (Wildman–Crippen LogP) is 2.07. The summed E-state index contributed by atoms with van der Waals surface area (Å²) in [6, 6.07) is 5.81. The van der Waals surface area contributed by atoms with Gasteiger partial charge in [-0.25, -0.2) is 9.51 Å². The average Bonchev–Trinajstić information content (AvgIpc) is 3.13. The molecule has 1 saturated heterocycles. The number of hydrogen-bond acceptors (Lipinski definition) is 8. The number of allylic oxidation sites excluding steroid dienone is 2. The smallest absolute Gasteiger partial charge is 0.175 e. The van der Waals surface area contributed by atoms with Crippen molar-refractivity contribution in [3.8, 4) is 0 Å². The Balaban J connectivity index is 1.60. The number of nitrogens with one attached hydrogen (secondary N) is 2. The molecule has 0 aromatic carbocycles. The number of pyridine rings is 1. The van der Waals surface area contributed by atoms with Crippen LogP contribution in [0.1, 0.15) is 19.3 Å². The highest BCUT2D eigenvalue weighted by Gasteiger charge is 2.19. The van der Waals surface area contributed by atoms with Gasteiger partial charge in [0.25, 0.3) is 0 Å². The topological polar surface area (TPSA) is 124 Å². The minimum Gasteiger partial charge on any atom is -0.489 e. The number of nitrogens with zero attached hydrogens (tertiary/aromatic N) is 4. The van der Waals surface area contributed by atoms with Crippen molar-refractivity contribution in [3.63, 3.8) is 0 Å². The van der Waals surface area contributed by atoms with Crippen LogP contribution >= 0.6 is 0 Å². The number of fused-ring (bicyclic) bond motifs is 1. The highest BCUT2D eigenvalue weighted by Crippen LogP contribution is 2.30. The van der Waals surface area contributed by atoms with Crippen molar-refractivity contribution in [3.05, 3.63) is 48.0 Å².